The number of nitrogens with one attached hydrogen (secondary N) is 2. The Balaban J connectivity index is 0.00000192. The zero-order valence-electron chi connectivity index (χ0n) is 13.0. The highest BCUT2D eigenvalue weighted by Gasteiger charge is 2.35. The first-order valence-electron chi connectivity index (χ1n) is 7.73. The molecule has 2 atom stereocenters. The van der Waals surface area contributed by atoms with E-state index in [1.807, 2.05) is 7.05 Å². The van der Waals surface area contributed by atoms with Gasteiger partial charge >= 0.3 is 0 Å². The molecule has 1 aromatic carbocycles. The lowest BCUT2D eigenvalue weighted by molar-refractivity contribution is -0.117. The average Bonchev–Trinajstić information content (AvgIpc) is 2.81. The van der Waals surface area contributed by atoms with Gasteiger partial charge in [0.15, 0.2) is 0 Å². The fourth-order valence-corrected chi connectivity index (χ4v) is 4.03. The Morgan fingerprint density at radius 1 is 1.26 bits per heavy atom. The number of hydrogen-bond donors (Lipinski definition) is 2. The van der Waals surface area contributed by atoms with Crippen LogP contribution >= 0.6 is 35.6 Å². The Morgan fingerprint density at radius 2 is 1.83 bits per heavy atom. The summed E-state index contributed by atoms with van der Waals surface area (Å²) in [6.45, 7) is 0.353. The molecule has 2 fully saturated rings. The Kier molecular flexibility index (Phi) is 6.57. The minimum absolute atomic E-state index is 0. The number of hydrogen-bond acceptors (Lipinski definition) is 3. The topological polar surface area (TPSA) is 44.4 Å². The third-order valence-electron chi connectivity index (χ3n) is 4.69. The van der Waals surface area contributed by atoms with Gasteiger partial charge in [-0.05, 0) is 44.9 Å². The molecule has 2 aliphatic heterocycles. The number of benzene rings is 1. The molecule has 1 amide bonds. The number of anilines is 1. The molecule has 0 spiro atoms. The number of carbonyl (C=O) groups excluding carboxylic acids is 1. The number of halogens is 3. The summed E-state index contributed by atoms with van der Waals surface area (Å²) >= 11 is 12.2. The minimum atomic E-state index is -0.0802. The average molecular weight is 379 g/mol. The number of rotatable bonds is 4. The molecule has 0 aromatic heterocycles. The van der Waals surface area contributed by atoms with Crippen LogP contribution in [0, 0.1) is 0 Å². The lowest BCUT2D eigenvalue weighted by Gasteiger charge is -2.35. The Labute approximate surface area is 153 Å². The van der Waals surface area contributed by atoms with Gasteiger partial charge < -0.3 is 10.6 Å². The van der Waals surface area contributed by atoms with Crippen molar-refractivity contribution in [2.24, 2.45) is 0 Å². The van der Waals surface area contributed by atoms with E-state index in [9.17, 15) is 4.79 Å². The molecule has 128 valence electrons. The highest BCUT2D eigenvalue weighted by molar-refractivity contribution is 6.39. The van der Waals surface area contributed by atoms with Crippen LogP contribution in [0.2, 0.25) is 10.0 Å². The second-order valence-electron chi connectivity index (χ2n) is 6.32. The molecule has 4 nitrogen and oxygen atoms in total. The lowest BCUT2D eigenvalue weighted by Crippen LogP contribution is -2.48. The molecule has 1 aromatic rings. The van der Waals surface area contributed by atoms with Crippen LogP contribution in [-0.4, -0.2) is 42.5 Å². The van der Waals surface area contributed by atoms with E-state index in [0.717, 1.165) is 12.8 Å². The number of para-hydroxylation sites is 1. The monoisotopic (exact) mass is 377 g/mol. The molecule has 23 heavy (non-hydrogen) atoms. The molecule has 2 aliphatic rings. The fourth-order valence-electron chi connectivity index (χ4n) is 3.54. The van der Waals surface area contributed by atoms with E-state index in [1.54, 1.807) is 18.2 Å². The number of likely N-dealkylation sites (N-methyl/N-ethyl adjacent to an activating group) is 1. The van der Waals surface area contributed by atoms with E-state index >= 15 is 0 Å². The molecule has 2 unspecified atom stereocenters. The smallest absolute Gasteiger partial charge is 0.238 e. The van der Waals surface area contributed by atoms with Gasteiger partial charge in [-0.25, -0.2) is 0 Å². The predicted molar refractivity (Wildman–Crippen MR) is 97.9 cm³/mol. The Hall–Kier alpha value is -0.520. The SMILES string of the molecule is CN(CC(=O)Nc1c(Cl)cccc1Cl)C1CC2CCC(C1)N2.Cl. The number of amides is 1. The van der Waals surface area contributed by atoms with Crippen LogP contribution < -0.4 is 10.6 Å². The summed E-state index contributed by atoms with van der Waals surface area (Å²) in [6, 6.07) is 6.90. The van der Waals surface area contributed by atoms with Crippen molar-refractivity contribution in [3.63, 3.8) is 0 Å². The van der Waals surface area contributed by atoms with E-state index in [1.165, 1.54) is 12.8 Å². The first-order chi connectivity index (χ1) is 10.5. The highest BCUT2D eigenvalue weighted by atomic mass is 35.5. The van der Waals surface area contributed by atoms with Gasteiger partial charge in [0.2, 0.25) is 5.91 Å². The molecule has 0 saturated carbocycles. The van der Waals surface area contributed by atoms with Crippen LogP contribution in [0.5, 0.6) is 0 Å². The molecule has 2 heterocycles. The maximum atomic E-state index is 12.3. The second kappa shape index (κ2) is 8.04. The van der Waals surface area contributed by atoms with Gasteiger partial charge in [-0.3, -0.25) is 9.69 Å². The summed E-state index contributed by atoms with van der Waals surface area (Å²) in [7, 11) is 2.02. The van der Waals surface area contributed by atoms with E-state index in [0.29, 0.717) is 40.4 Å². The fraction of sp³-hybridized carbons (Fsp3) is 0.562. The van der Waals surface area contributed by atoms with Crippen molar-refractivity contribution < 1.29 is 4.79 Å². The molecule has 2 N–H and O–H groups in total. The third kappa shape index (κ3) is 4.52. The van der Waals surface area contributed by atoms with Crippen LogP contribution in [0.3, 0.4) is 0 Å². The molecule has 7 heteroatoms. The molecule has 0 radical (unpaired) electrons. The summed E-state index contributed by atoms with van der Waals surface area (Å²) in [5.41, 5.74) is 0.495. The Bertz CT molecular complexity index is 537. The van der Waals surface area contributed by atoms with Gasteiger partial charge in [-0.15, -0.1) is 12.4 Å². The van der Waals surface area contributed by atoms with Gasteiger partial charge in [-0.1, -0.05) is 29.3 Å². The summed E-state index contributed by atoms with van der Waals surface area (Å²) in [4.78, 5) is 14.4. The summed E-state index contributed by atoms with van der Waals surface area (Å²) < 4.78 is 0. The second-order valence-corrected chi connectivity index (χ2v) is 7.14. The molecule has 0 aliphatic carbocycles. The van der Waals surface area contributed by atoms with Crippen molar-refractivity contribution in [2.75, 3.05) is 18.9 Å². The molecular formula is C16H22Cl3N3O. The van der Waals surface area contributed by atoms with E-state index in [4.69, 9.17) is 23.2 Å². The van der Waals surface area contributed by atoms with Crippen molar-refractivity contribution >= 4 is 47.2 Å². The summed E-state index contributed by atoms with van der Waals surface area (Å²) in [6.07, 6.45) is 4.76. The van der Waals surface area contributed by atoms with Crippen LogP contribution in [0.1, 0.15) is 25.7 Å². The molecule has 2 saturated heterocycles. The first kappa shape index (κ1) is 18.8. The number of nitrogens with zero attached hydrogens (tertiary/aromatic N) is 1. The summed E-state index contributed by atoms with van der Waals surface area (Å²) in [5.74, 6) is -0.0802. The van der Waals surface area contributed by atoms with Crippen LogP contribution in [0.25, 0.3) is 0 Å². The van der Waals surface area contributed by atoms with Crippen LogP contribution in [-0.2, 0) is 4.79 Å². The van der Waals surface area contributed by atoms with Crippen molar-refractivity contribution in [1.29, 1.82) is 0 Å². The summed E-state index contributed by atoms with van der Waals surface area (Å²) in [5, 5.41) is 7.37. The lowest BCUT2D eigenvalue weighted by atomic mass is 9.98. The Morgan fingerprint density at radius 3 is 2.39 bits per heavy atom. The van der Waals surface area contributed by atoms with Crippen LogP contribution in [0.15, 0.2) is 18.2 Å². The highest BCUT2D eigenvalue weighted by Crippen LogP contribution is 2.31. The molecule has 3 rings (SSSR count). The predicted octanol–water partition coefficient (Wildman–Crippen LogP) is 3.57. The van der Waals surface area contributed by atoms with E-state index < -0.39 is 0 Å². The first-order valence-corrected chi connectivity index (χ1v) is 8.48. The van der Waals surface area contributed by atoms with Crippen molar-refractivity contribution in [3.8, 4) is 0 Å². The third-order valence-corrected chi connectivity index (χ3v) is 5.32. The minimum Gasteiger partial charge on any atom is -0.322 e. The number of carbonyl (C=O) groups is 1. The zero-order chi connectivity index (χ0) is 15.7. The van der Waals surface area contributed by atoms with E-state index in [-0.39, 0.29) is 18.3 Å². The zero-order valence-corrected chi connectivity index (χ0v) is 15.3. The van der Waals surface area contributed by atoms with Crippen LogP contribution in [0.4, 0.5) is 5.69 Å². The maximum absolute atomic E-state index is 12.3. The quantitative estimate of drug-likeness (QED) is 0.842. The largest absolute Gasteiger partial charge is 0.322 e. The van der Waals surface area contributed by atoms with Gasteiger partial charge in [0.25, 0.3) is 0 Å². The van der Waals surface area contributed by atoms with Gasteiger partial charge in [0, 0.05) is 18.1 Å². The number of fused-ring (bicyclic) bond motifs is 2. The van der Waals surface area contributed by atoms with Crippen molar-refractivity contribution in [1.82, 2.24) is 10.2 Å². The van der Waals surface area contributed by atoms with Gasteiger partial charge in [0.05, 0.1) is 22.3 Å². The van der Waals surface area contributed by atoms with Gasteiger partial charge in [-0.2, -0.15) is 0 Å². The number of piperidine rings is 1. The normalized spacial score (nSPS) is 26.0. The molecular weight excluding hydrogens is 357 g/mol. The molecule has 2 bridgehead atoms. The standard InChI is InChI=1S/C16H21Cl2N3O.ClH/c1-21(12-7-10-5-6-11(8-12)19-10)9-15(22)20-16-13(17)3-2-4-14(16)18;/h2-4,10-12,19H,5-9H2,1H3,(H,20,22);1H. The maximum Gasteiger partial charge on any atom is 0.238 e. The van der Waals surface area contributed by atoms with E-state index in [2.05, 4.69) is 15.5 Å². The van der Waals surface area contributed by atoms with Crippen molar-refractivity contribution in [3.05, 3.63) is 28.2 Å². The van der Waals surface area contributed by atoms with Crippen molar-refractivity contribution in [2.45, 2.75) is 43.8 Å². The van der Waals surface area contributed by atoms with Gasteiger partial charge in [0.1, 0.15) is 0 Å².